The van der Waals surface area contributed by atoms with Crippen molar-refractivity contribution in [1.82, 2.24) is 0 Å². The lowest BCUT2D eigenvalue weighted by Gasteiger charge is -2.30. The van der Waals surface area contributed by atoms with Crippen molar-refractivity contribution in [1.29, 1.82) is 0 Å². The van der Waals surface area contributed by atoms with E-state index in [1.54, 1.807) is 7.11 Å². The van der Waals surface area contributed by atoms with Crippen LogP contribution in [-0.4, -0.2) is 19.2 Å². The molecule has 0 aromatic heterocycles. The fourth-order valence-corrected chi connectivity index (χ4v) is 2.30. The standard InChI is InChI=1S/C13H20N2O/c1-16-13-9-5-4-8-12(13)15-11-7-3-2-6-10(11)14/h4-5,8-11,15H,2-3,6-7,14H2,1H3/t10-,11-/m1/s1. The van der Waals surface area contributed by atoms with Crippen LogP contribution in [0, 0.1) is 0 Å². The molecule has 0 heterocycles. The molecule has 0 unspecified atom stereocenters. The Balaban J connectivity index is 2.07. The fourth-order valence-electron chi connectivity index (χ4n) is 2.30. The smallest absolute Gasteiger partial charge is 0.141 e. The summed E-state index contributed by atoms with van der Waals surface area (Å²) in [5.41, 5.74) is 7.16. The van der Waals surface area contributed by atoms with Gasteiger partial charge in [0.15, 0.2) is 0 Å². The van der Waals surface area contributed by atoms with Crippen molar-refractivity contribution in [3.63, 3.8) is 0 Å². The Hall–Kier alpha value is -1.22. The highest BCUT2D eigenvalue weighted by Crippen LogP contribution is 2.27. The molecule has 0 bridgehead atoms. The first kappa shape index (κ1) is 11.3. The predicted octanol–water partition coefficient (Wildman–Crippen LogP) is 2.38. The molecule has 16 heavy (non-hydrogen) atoms. The van der Waals surface area contributed by atoms with Gasteiger partial charge in [-0.05, 0) is 25.0 Å². The summed E-state index contributed by atoms with van der Waals surface area (Å²) in [6.07, 6.45) is 4.79. The minimum absolute atomic E-state index is 0.263. The van der Waals surface area contributed by atoms with Crippen molar-refractivity contribution < 1.29 is 4.74 Å². The molecule has 3 N–H and O–H groups in total. The average Bonchev–Trinajstić information content (AvgIpc) is 2.33. The Bertz CT molecular complexity index is 340. The Morgan fingerprint density at radius 2 is 2.00 bits per heavy atom. The van der Waals surface area contributed by atoms with Crippen LogP contribution in [0.25, 0.3) is 0 Å². The van der Waals surface area contributed by atoms with Gasteiger partial charge in [0.2, 0.25) is 0 Å². The van der Waals surface area contributed by atoms with Crippen molar-refractivity contribution in [3.05, 3.63) is 24.3 Å². The number of anilines is 1. The third-order valence-electron chi connectivity index (χ3n) is 3.27. The van der Waals surface area contributed by atoms with E-state index < -0.39 is 0 Å². The summed E-state index contributed by atoms with van der Waals surface area (Å²) in [6, 6.07) is 8.64. The SMILES string of the molecule is COc1ccccc1N[C@@H]1CCCC[C@H]1N. The molecule has 2 rings (SSSR count). The maximum absolute atomic E-state index is 6.12. The molecule has 1 aromatic rings. The van der Waals surface area contributed by atoms with Gasteiger partial charge in [0.25, 0.3) is 0 Å². The highest BCUT2D eigenvalue weighted by molar-refractivity contribution is 5.56. The highest BCUT2D eigenvalue weighted by atomic mass is 16.5. The van der Waals surface area contributed by atoms with E-state index in [9.17, 15) is 0 Å². The van der Waals surface area contributed by atoms with Gasteiger partial charge in [-0.2, -0.15) is 0 Å². The number of methoxy groups -OCH3 is 1. The lowest BCUT2D eigenvalue weighted by Crippen LogP contribution is -2.42. The molecule has 0 aliphatic heterocycles. The van der Waals surface area contributed by atoms with E-state index in [1.165, 1.54) is 12.8 Å². The monoisotopic (exact) mass is 220 g/mol. The van der Waals surface area contributed by atoms with Crippen LogP contribution in [0.1, 0.15) is 25.7 Å². The number of ether oxygens (including phenoxy) is 1. The largest absolute Gasteiger partial charge is 0.495 e. The van der Waals surface area contributed by atoms with E-state index >= 15 is 0 Å². The molecule has 0 spiro atoms. The average molecular weight is 220 g/mol. The fraction of sp³-hybridized carbons (Fsp3) is 0.538. The molecule has 0 amide bonds. The van der Waals surface area contributed by atoms with E-state index in [-0.39, 0.29) is 6.04 Å². The number of hydrogen-bond donors (Lipinski definition) is 2. The molecular weight excluding hydrogens is 200 g/mol. The second-order valence-electron chi connectivity index (χ2n) is 4.40. The van der Waals surface area contributed by atoms with Crippen LogP contribution in [-0.2, 0) is 0 Å². The van der Waals surface area contributed by atoms with Gasteiger partial charge in [0.1, 0.15) is 5.75 Å². The van der Waals surface area contributed by atoms with Gasteiger partial charge in [-0.1, -0.05) is 25.0 Å². The summed E-state index contributed by atoms with van der Waals surface area (Å²) in [4.78, 5) is 0. The molecule has 3 heteroatoms. The summed E-state index contributed by atoms with van der Waals surface area (Å²) in [5.74, 6) is 0.889. The summed E-state index contributed by atoms with van der Waals surface area (Å²) < 4.78 is 5.32. The summed E-state index contributed by atoms with van der Waals surface area (Å²) in [7, 11) is 1.70. The van der Waals surface area contributed by atoms with E-state index in [0.717, 1.165) is 24.3 Å². The maximum atomic E-state index is 6.12. The van der Waals surface area contributed by atoms with Crippen molar-refractivity contribution in [2.24, 2.45) is 5.73 Å². The van der Waals surface area contributed by atoms with Crippen LogP contribution in [0.15, 0.2) is 24.3 Å². The van der Waals surface area contributed by atoms with Crippen LogP contribution in [0.3, 0.4) is 0 Å². The van der Waals surface area contributed by atoms with Gasteiger partial charge in [-0.15, -0.1) is 0 Å². The first-order chi connectivity index (χ1) is 7.81. The number of nitrogens with two attached hydrogens (primary N) is 1. The van der Waals surface area contributed by atoms with Crippen molar-refractivity contribution in [2.45, 2.75) is 37.8 Å². The summed E-state index contributed by atoms with van der Waals surface area (Å²) in [6.45, 7) is 0. The van der Waals surface area contributed by atoms with E-state index in [0.29, 0.717) is 6.04 Å². The molecule has 1 aromatic carbocycles. The van der Waals surface area contributed by atoms with Crippen LogP contribution >= 0.6 is 0 Å². The van der Waals surface area contributed by atoms with Gasteiger partial charge in [0, 0.05) is 12.1 Å². The minimum Gasteiger partial charge on any atom is -0.495 e. The van der Waals surface area contributed by atoms with Crippen LogP contribution < -0.4 is 15.8 Å². The normalized spacial score (nSPS) is 25.1. The van der Waals surface area contributed by atoms with E-state index in [2.05, 4.69) is 5.32 Å². The number of rotatable bonds is 3. The van der Waals surface area contributed by atoms with Crippen molar-refractivity contribution in [2.75, 3.05) is 12.4 Å². The van der Waals surface area contributed by atoms with Crippen molar-refractivity contribution >= 4 is 5.69 Å². The molecule has 1 saturated carbocycles. The zero-order valence-corrected chi connectivity index (χ0v) is 9.78. The Labute approximate surface area is 97.0 Å². The molecule has 0 radical (unpaired) electrons. The molecule has 3 nitrogen and oxygen atoms in total. The second-order valence-corrected chi connectivity index (χ2v) is 4.40. The molecule has 1 aliphatic carbocycles. The zero-order chi connectivity index (χ0) is 11.4. The number of nitrogens with one attached hydrogen (secondary N) is 1. The van der Waals surface area contributed by atoms with Gasteiger partial charge >= 0.3 is 0 Å². The van der Waals surface area contributed by atoms with Gasteiger partial charge in [0.05, 0.1) is 12.8 Å². The van der Waals surface area contributed by atoms with Crippen LogP contribution in [0.2, 0.25) is 0 Å². The third kappa shape index (κ3) is 2.47. The molecule has 1 fully saturated rings. The van der Waals surface area contributed by atoms with Gasteiger partial charge in [-0.3, -0.25) is 0 Å². The Kier molecular flexibility index (Phi) is 3.67. The summed E-state index contributed by atoms with van der Waals surface area (Å²) in [5, 5.41) is 3.50. The van der Waals surface area contributed by atoms with E-state index in [1.807, 2.05) is 24.3 Å². The third-order valence-corrected chi connectivity index (χ3v) is 3.27. The number of para-hydroxylation sites is 2. The maximum Gasteiger partial charge on any atom is 0.141 e. The number of benzene rings is 1. The van der Waals surface area contributed by atoms with Crippen molar-refractivity contribution in [3.8, 4) is 5.75 Å². The highest BCUT2D eigenvalue weighted by Gasteiger charge is 2.22. The summed E-state index contributed by atoms with van der Waals surface area (Å²) >= 11 is 0. The lowest BCUT2D eigenvalue weighted by molar-refractivity contribution is 0.396. The van der Waals surface area contributed by atoms with Crippen LogP contribution in [0.4, 0.5) is 5.69 Å². The predicted molar refractivity (Wildman–Crippen MR) is 66.8 cm³/mol. The first-order valence-electron chi connectivity index (χ1n) is 5.96. The molecule has 0 saturated heterocycles. The molecular formula is C13H20N2O. The topological polar surface area (TPSA) is 47.3 Å². The van der Waals surface area contributed by atoms with Gasteiger partial charge in [-0.25, -0.2) is 0 Å². The molecule has 1 aliphatic rings. The quantitative estimate of drug-likeness (QED) is 0.822. The second kappa shape index (κ2) is 5.21. The molecule has 2 atom stereocenters. The van der Waals surface area contributed by atoms with Crippen LogP contribution in [0.5, 0.6) is 5.75 Å². The minimum atomic E-state index is 0.263. The number of hydrogen-bond acceptors (Lipinski definition) is 3. The first-order valence-corrected chi connectivity index (χ1v) is 5.96. The van der Waals surface area contributed by atoms with E-state index in [4.69, 9.17) is 10.5 Å². The molecule has 88 valence electrons. The Morgan fingerprint density at radius 1 is 1.25 bits per heavy atom. The lowest BCUT2D eigenvalue weighted by atomic mass is 9.91. The zero-order valence-electron chi connectivity index (χ0n) is 9.78. The Morgan fingerprint density at radius 3 is 2.75 bits per heavy atom. The van der Waals surface area contributed by atoms with Gasteiger partial charge < -0.3 is 15.8 Å².